The molecule has 0 saturated carbocycles. The third kappa shape index (κ3) is 4.11. The predicted octanol–water partition coefficient (Wildman–Crippen LogP) is 2.74. The number of anilines is 2. The van der Waals surface area contributed by atoms with Crippen molar-refractivity contribution in [3.05, 3.63) is 48.5 Å². The number of nitrogens with one attached hydrogen (secondary N) is 1. The molecule has 31 heavy (non-hydrogen) atoms. The van der Waals surface area contributed by atoms with Gasteiger partial charge in [-0.2, -0.15) is 5.11 Å². The van der Waals surface area contributed by atoms with Gasteiger partial charge in [-0.1, -0.05) is 11.3 Å². The SMILES string of the molecule is CCOc1ccc(N2C(=O)[C@@H]3N=NN(CC(=O)Nc4cccc(SC)c4)[C@H]3C2=O)cc1. The Morgan fingerprint density at radius 3 is 2.65 bits per heavy atom. The number of ether oxygens (including phenoxy) is 1. The van der Waals surface area contributed by atoms with E-state index < -0.39 is 23.9 Å². The van der Waals surface area contributed by atoms with Crippen LogP contribution in [-0.2, 0) is 14.4 Å². The van der Waals surface area contributed by atoms with Crippen molar-refractivity contribution in [2.75, 3.05) is 29.6 Å². The minimum absolute atomic E-state index is 0.190. The molecule has 0 bridgehead atoms. The van der Waals surface area contributed by atoms with Crippen LogP contribution in [0.5, 0.6) is 5.75 Å². The third-order valence-electron chi connectivity index (χ3n) is 4.92. The van der Waals surface area contributed by atoms with E-state index in [1.807, 2.05) is 31.4 Å². The van der Waals surface area contributed by atoms with Gasteiger partial charge in [-0.05, 0) is 55.6 Å². The maximum absolute atomic E-state index is 13.0. The fraction of sp³-hybridized carbons (Fsp3) is 0.286. The monoisotopic (exact) mass is 439 g/mol. The van der Waals surface area contributed by atoms with Gasteiger partial charge < -0.3 is 10.1 Å². The maximum Gasteiger partial charge on any atom is 0.263 e. The number of amides is 3. The zero-order valence-corrected chi connectivity index (χ0v) is 17.8. The Balaban J connectivity index is 1.45. The summed E-state index contributed by atoms with van der Waals surface area (Å²) >= 11 is 1.57. The summed E-state index contributed by atoms with van der Waals surface area (Å²) in [5.74, 6) is -0.619. The highest BCUT2D eigenvalue weighted by Gasteiger charge is 2.55. The van der Waals surface area contributed by atoms with Crippen molar-refractivity contribution in [2.24, 2.45) is 10.3 Å². The van der Waals surface area contributed by atoms with Crippen LogP contribution in [0.2, 0.25) is 0 Å². The molecule has 4 rings (SSSR count). The number of carbonyl (C=O) groups excluding carboxylic acids is 3. The Labute approximate surface area is 183 Å². The van der Waals surface area contributed by atoms with E-state index in [2.05, 4.69) is 15.7 Å². The van der Waals surface area contributed by atoms with Gasteiger partial charge in [0.1, 0.15) is 12.3 Å². The zero-order chi connectivity index (χ0) is 22.0. The van der Waals surface area contributed by atoms with Gasteiger partial charge in [0, 0.05) is 10.6 Å². The van der Waals surface area contributed by atoms with E-state index >= 15 is 0 Å². The van der Waals surface area contributed by atoms with E-state index in [1.54, 1.807) is 42.1 Å². The minimum atomic E-state index is -0.952. The van der Waals surface area contributed by atoms with Gasteiger partial charge in [-0.3, -0.25) is 19.4 Å². The molecule has 10 heteroatoms. The number of rotatable bonds is 7. The van der Waals surface area contributed by atoms with Crippen LogP contribution in [0.25, 0.3) is 0 Å². The summed E-state index contributed by atoms with van der Waals surface area (Å²) in [7, 11) is 0. The Hall–Kier alpha value is -3.40. The number of nitrogens with zero attached hydrogens (tertiary/aromatic N) is 4. The van der Waals surface area contributed by atoms with Gasteiger partial charge in [0.15, 0.2) is 12.1 Å². The first-order valence-corrected chi connectivity index (χ1v) is 11.0. The maximum atomic E-state index is 13.0. The van der Waals surface area contributed by atoms with Crippen molar-refractivity contribution >= 4 is 40.9 Å². The Morgan fingerprint density at radius 1 is 1.16 bits per heavy atom. The quantitative estimate of drug-likeness (QED) is 0.526. The van der Waals surface area contributed by atoms with Crippen LogP contribution in [0.3, 0.4) is 0 Å². The average molecular weight is 439 g/mol. The van der Waals surface area contributed by atoms with Crippen molar-refractivity contribution < 1.29 is 19.1 Å². The largest absolute Gasteiger partial charge is 0.494 e. The fourth-order valence-corrected chi connectivity index (χ4v) is 3.97. The second-order valence-electron chi connectivity index (χ2n) is 6.91. The molecule has 3 amide bonds. The number of hydrogen-bond acceptors (Lipinski definition) is 8. The molecular formula is C21H21N5O4S. The second kappa shape index (κ2) is 8.76. The van der Waals surface area contributed by atoms with Gasteiger partial charge in [0.05, 0.1) is 12.3 Å². The summed E-state index contributed by atoms with van der Waals surface area (Å²) in [6.45, 7) is 2.20. The molecule has 2 aliphatic heterocycles. The van der Waals surface area contributed by atoms with Gasteiger partial charge >= 0.3 is 0 Å². The topological polar surface area (TPSA) is 104 Å². The van der Waals surface area contributed by atoms with E-state index in [1.165, 1.54) is 5.01 Å². The summed E-state index contributed by atoms with van der Waals surface area (Å²) in [4.78, 5) is 40.4. The first-order valence-electron chi connectivity index (χ1n) is 9.74. The van der Waals surface area contributed by atoms with Crippen LogP contribution in [0, 0.1) is 0 Å². The van der Waals surface area contributed by atoms with Gasteiger partial charge in [0.25, 0.3) is 11.8 Å². The lowest BCUT2D eigenvalue weighted by molar-refractivity contribution is -0.123. The molecule has 2 heterocycles. The Morgan fingerprint density at radius 2 is 1.94 bits per heavy atom. The van der Waals surface area contributed by atoms with E-state index in [4.69, 9.17) is 4.74 Å². The Bertz CT molecular complexity index is 1040. The lowest BCUT2D eigenvalue weighted by atomic mass is 10.1. The van der Waals surface area contributed by atoms with Crippen LogP contribution in [0.15, 0.2) is 63.8 Å². The third-order valence-corrected chi connectivity index (χ3v) is 5.65. The number of hydrogen-bond donors (Lipinski definition) is 1. The highest BCUT2D eigenvalue weighted by atomic mass is 32.2. The number of fused-ring (bicyclic) bond motifs is 1. The number of carbonyl (C=O) groups is 3. The fourth-order valence-electron chi connectivity index (χ4n) is 3.51. The van der Waals surface area contributed by atoms with Gasteiger partial charge in [-0.25, -0.2) is 4.90 Å². The minimum Gasteiger partial charge on any atom is -0.494 e. The highest BCUT2D eigenvalue weighted by molar-refractivity contribution is 7.98. The van der Waals surface area contributed by atoms with Crippen LogP contribution in [0.1, 0.15) is 6.92 Å². The summed E-state index contributed by atoms with van der Waals surface area (Å²) in [5, 5.41) is 11.9. The number of imide groups is 1. The highest BCUT2D eigenvalue weighted by Crippen LogP contribution is 2.32. The van der Waals surface area contributed by atoms with Crippen molar-refractivity contribution in [1.29, 1.82) is 0 Å². The van der Waals surface area contributed by atoms with Crippen LogP contribution < -0.4 is 15.0 Å². The first-order chi connectivity index (χ1) is 15.0. The molecule has 0 radical (unpaired) electrons. The van der Waals surface area contributed by atoms with Crippen molar-refractivity contribution in [3.8, 4) is 5.75 Å². The van der Waals surface area contributed by atoms with Crippen molar-refractivity contribution in [2.45, 2.75) is 23.9 Å². The number of thioether (sulfide) groups is 1. The van der Waals surface area contributed by atoms with Gasteiger partial charge in [0.2, 0.25) is 5.91 Å². The molecule has 2 aromatic carbocycles. The standard InChI is InChI=1S/C21H21N5O4S/c1-3-30-15-9-7-14(8-10-15)26-20(28)18-19(21(26)29)25(24-23-18)12-17(27)22-13-5-4-6-16(11-13)31-2/h4-11,18-19H,3,12H2,1-2H3,(H,22,27)/t18-,19-/m1/s1. The van der Waals surface area contributed by atoms with E-state index in [9.17, 15) is 14.4 Å². The molecule has 2 aromatic rings. The molecule has 0 spiro atoms. The summed E-state index contributed by atoms with van der Waals surface area (Å²) in [6, 6.07) is 12.2. The summed E-state index contributed by atoms with van der Waals surface area (Å²) in [5.41, 5.74) is 1.08. The average Bonchev–Trinajstić information content (AvgIpc) is 3.28. The zero-order valence-electron chi connectivity index (χ0n) is 17.0. The molecule has 9 nitrogen and oxygen atoms in total. The van der Waals surface area contributed by atoms with Gasteiger partial charge in [-0.15, -0.1) is 11.8 Å². The normalized spacial score (nSPS) is 19.7. The number of benzene rings is 2. The van der Waals surface area contributed by atoms with E-state index in [0.717, 1.165) is 9.80 Å². The molecule has 1 fully saturated rings. The molecule has 0 aliphatic carbocycles. The van der Waals surface area contributed by atoms with Crippen molar-refractivity contribution in [3.63, 3.8) is 0 Å². The molecule has 2 atom stereocenters. The van der Waals surface area contributed by atoms with E-state index in [-0.39, 0.29) is 12.5 Å². The molecule has 2 aliphatic rings. The van der Waals surface area contributed by atoms with Crippen LogP contribution in [0.4, 0.5) is 11.4 Å². The van der Waals surface area contributed by atoms with Crippen LogP contribution in [-0.4, -0.2) is 54.2 Å². The first kappa shape index (κ1) is 20.9. The molecule has 1 saturated heterocycles. The Kier molecular flexibility index (Phi) is 5.90. The molecule has 160 valence electrons. The second-order valence-corrected chi connectivity index (χ2v) is 7.79. The molecule has 0 aromatic heterocycles. The predicted molar refractivity (Wildman–Crippen MR) is 116 cm³/mol. The van der Waals surface area contributed by atoms with Crippen molar-refractivity contribution in [1.82, 2.24) is 5.01 Å². The summed E-state index contributed by atoms with van der Waals surface area (Å²) < 4.78 is 5.40. The smallest absolute Gasteiger partial charge is 0.263 e. The molecule has 1 N–H and O–H groups in total. The lowest BCUT2D eigenvalue weighted by Crippen LogP contribution is -2.43. The summed E-state index contributed by atoms with van der Waals surface area (Å²) in [6.07, 6.45) is 1.95. The lowest BCUT2D eigenvalue weighted by Gasteiger charge is -2.20. The molecule has 0 unspecified atom stereocenters. The molecular weight excluding hydrogens is 418 g/mol. The van der Waals surface area contributed by atoms with Crippen LogP contribution >= 0.6 is 11.8 Å². The van der Waals surface area contributed by atoms with E-state index in [0.29, 0.717) is 23.7 Å².